The molecule has 16 heavy (non-hydrogen) atoms. The molecule has 0 radical (unpaired) electrons. The van der Waals surface area contributed by atoms with Crippen molar-refractivity contribution in [2.75, 3.05) is 0 Å². The van der Waals surface area contributed by atoms with E-state index in [0.29, 0.717) is 11.7 Å². The maximum absolute atomic E-state index is 10.0. The van der Waals surface area contributed by atoms with Gasteiger partial charge in [-0.15, -0.1) is 0 Å². The number of benzene rings is 1. The summed E-state index contributed by atoms with van der Waals surface area (Å²) in [6, 6.07) is 5.86. The van der Waals surface area contributed by atoms with Gasteiger partial charge < -0.3 is 9.52 Å². The summed E-state index contributed by atoms with van der Waals surface area (Å²) in [5, 5.41) is 11.0. The van der Waals surface area contributed by atoms with Gasteiger partial charge in [0.2, 0.25) is 0 Å². The third kappa shape index (κ3) is 1.83. The van der Waals surface area contributed by atoms with Crippen molar-refractivity contribution in [3.05, 3.63) is 32.9 Å². The van der Waals surface area contributed by atoms with Crippen molar-refractivity contribution in [2.24, 2.45) is 5.92 Å². The molecule has 0 saturated heterocycles. The van der Waals surface area contributed by atoms with Crippen LogP contribution >= 0.6 is 31.9 Å². The van der Waals surface area contributed by atoms with Crippen LogP contribution in [0.3, 0.4) is 0 Å². The van der Waals surface area contributed by atoms with E-state index in [2.05, 4.69) is 31.9 Å². The molecule has 0 spiro atoms. The fourth-order valence-corrected chi connectivity index (χ4v) is 3.22. The van der Waals surface area contributed by atoms with Crippen LogP contribution in [0, 0.1) is 5.92 Å². The lowest BCUT2D eigenvalue weighted by Crippen LogP contribution is -1.96. The lowest BCUT2D eigenvalue weighted by atomic mass is 10.1. The lowest BCUT2D eigenvalue weighted by molar-refractivity contribution is 0.129. The van der Waals surface area contributed by atoms with Gasteiger partial charge in [-0.25, -0.2) is 0 Å². The number of aliphatic hydroxyl groups excluding tert-OH is 1. The van der Waals surface area contributed by atoms with E-state index >= 15 is 0 Å². The predicted octanol–water partition coefficient (Wildman–Crippen LogP) is 4.40. The third-order valence-electron chi connectivity index (χ3n) is 2.91. The van der Waals surface area contributed by atoms with Crippen LogP contribution in [-0.4, -0.2) is 5.11 Å². The summed E-state index contributed by atoms with van der Waals surface area (Å²) >= 11 is 6.89. The van der Waals surface area contributed by atoms with Crippen LogP contribution in [0.2, 0.25) is 0 Å². The van der Waals surface area contributed by atoms with E-state index in [-0.39, 0.29) is 0 Å². The third-order valence-corrected chi connectivity index (χ3v) is 3.96. The number of halogens is 2. The normalized spacial score (nSPS) is 17.9. The number of hydrogen-bond donors (Lipinski definition) is 1. The van der Waals surface area contributed by atoms with Crippen LogP contribution in [0.5, 0.6) is 0 Å². The molecular formula is C12H10Br2O2. The van der Waals surface area contributed by atoms with Gasteiger partial charge in [0.15, 0.2) is 0 Å². The molecule has 1 N–H and O–H groups in total. The summed E-state index contributed by atoms with van der Waals surface area (Å²) < 4.78 is 7.61. The molecule has 4 heteroatoms. The van der Waals surface area contributed by atoms with Crippen LogP contribution in [0.4, 0.5) is 0 Å². The van der Waals surface area contributed by atoms with E-state index in [4.69, 9.17) is 4.42 Å². The second-order valence-electron chi connectivity index (χ2n) is 4.24. The largest absolute Gasteiger partial charge is 0.457 e. The molecular weight excluding hydrogens is 336 g/mol. The number of furan rings is 1. The monoisotopic (exact) mass is 344 g/mol. The van der Waals surface area contributed by atoms with Gasteiger partial charge in [-0.05, 0) is 52.9 Å². The number of hydrogen-bond acceptors (Lipinski definition) is 2. The second kappa shape index (κ2) is 3.86. The first-order valence-corrected chi connectivity index (χ1v) is 6.80. The van der Waals surface area contributed by atoms with Crippen LogP contribution in [-0.2, 0) is 0 Å². The van der Waals surface area contributed by atoms with Gasteiger partial charge in [0.1, 0.15) is 17.4 Å². The molecule has 2 nitrogen and oxygen atoms in total. The Balaban J connectivity index is 2.11. The molecule has 1 atom stereocenters. The van der Waals surface area contributed by atoms with E-state index in [1.54, 1.807) is 0 Å². The molecule has 1 aliphatic rings. The molecule has 0 bridgehead atoms. The van der Waals surface area contributed by atoms with Gasteiger partial charge in [0.25, 0.3) is 0 Å². The standard InChI is InChI=1S/C12H10Br2O2/c13-8-3-7-4-10(11(15)6-1-2-6)16-12(7)9(14)5-8/h3-6,11,15H,1-2H2. The summed E-state index contributed by atoms with van der Waals surface area (Å²) in [7, 11) is 0. The molecule has 2 aromatic rings. The van der Waals surface area contributed by atoms with Crippen LogP contribution in [0.25, 0.3) is 11.0 Å². The van der Waals surface area contributed by atoms with Gasteiger partial charge in [0.05, 0.1) is 4.47 Å². The quantitative estimate of drug-likeness (QED) is 0.875. The zero-order valence-corrected chi connectivity index (χ0v) is 11.6. The van der Waals surface area contributed by atoms with Crippen molar-refractivity contribution >= 4 is 42.8 Å². The van der Waals surface area contributed by atoms with Crippen LogP contribution < -0.4 is 0 Å². The molecule has 1 unspecified atom stereocenters. The Morgan fingerprint density at radius 1 is 1.25 bits per heavy atom. The Labute approximate surface area is 110 Å². The summed E-state index contributed by atoms with van der Waals surface area (Å²) in [4.78, 5) is 0. The first-order chi connectivity index (χ1) is 7.65. The van der Waals surface area contributed by atoms with E-state index in [1.165, 1.54) is 0 Å². The minimum Gasteiger partial charge on any atom is -0.457 e. The minimum atomic E-state index is -0.446. The van der Waals surface area contributed by atoms with Gasteiger partial charge in [-0.3, -0.25) is 0 Å². The fraction of sp³-hybridized carbons (Fsp3) is 0.333. The SMILES string of the molecule is OC(c1cc2cc(Br)cc(Br)c2o1)C1CC1. The maximum atomic E-state index is 10.0. The number of rotatable bonds is 2. The first-order valence-electron chi connectivity index (χ1n) is 5.21. The molecule has 1 fully saturated rings. The zero-order chi connectivity index (χ0) is 11.3. The Hall–Kier alpha value is -0.320. The summed E-state index contributed by atoms with van der Waals surface area (Å²) in [5.74, 6) is 1.07. The summed E-state index contributed by atoms with van der Waals surface area (Å²) in [6.45, 7) is 0. The topological polar surface area (TPSA) is 33.4 Å². The maximum Gasteiger partial charge on any atom is 0.148 e. The molecule has 1 aromatic heterocycles. The van der Waals surface area contributed by atoms with Crippen molar-refractivity contribution < 1.29 is 9.52 Å². The van der Waals surface area contributed by atoms with Gasteiger partial charge >= 0.3 is 0 Å². The second-order valence-corrected chi connectivity index (χ2v) is 6.01. The van der Waals surface area contributed by atoms with Crippen molar-refractivity contribution in [3.63, 3.8) is 0 Å². The van der Waals surface area contributed by atoms with Crippen molar-refractivity contribution in [1.82, 2.24) is 0 Å². The molecule has 0 amide bonds. The van der Waals surface area contributed by atoms with Crippen LogP contribution in [0.15, 0.2) is 31.6 Å². The Morgan fingerprint density at radius 3 is 2.69 bits per heavy atom. The fourth-order valence-electron chi connectivity index (χ4n) is 1.89. The predicted molar refractivity (Wildman–Crippen MR) is 69.3 cm³/mol. The summed E-state index contributed by atoms with van der Waals surface area (Å²) in [5.41, 5.74) is 0.804. The van der Waals surface area contributed by atoms with Gasteiger partial charge in [-0.1, -0.05) is 15.9 Å². The van der Waals surface area contributed by atoms with E-state index in [9.17, 15) is 5.11 Å². The smallest absolute Gasteiger partial charge is 0.148 e. The zero-order valence-electron chi connectivity index (χ0n) is 8.41. The minimum absolute atomic E-state index is 0.391. The highest BCUT2D eigenvalue weighted by Gasteiger charge is 2.33. The molecule has 1 saturated carbocycles. The highest BCUT2D eigenvalue weighted by Crippen LogP contribution is 2.43. The molecule has 3 rings (SSSR count). The van der Waals surface area contributed by atoms with Crippen molar-refractivity contribution in [3.8, 4) is 0 Å². The summed E-state index contributed by atoms with van der Waals surface area (Å²) in [6.07, 6.45) is 1.75. The van der Waals surface area contributed by atoms with Gasteiger partial charge in [0, 0.05) is 9.86 Å². The molecule has 1 aromatic carbocycles. The molecule has 84 valence electrons. The molecule has 1 aliphatic carbocycles. The number of fused-ring (bicyclic) bond motifs is 1. The molecule has 1 heterocycles. The van der Waals surface area contributed by atoms with E-state index in [1.807, 2.05) is 18.2 Å². The molecule has 0 aliphatic heterocycles. The van der Waals surface area contributed by atoms with E-state index < -0.39 is 6.10 Å². The average molecular weight is 346 g/mol. The van der Waals surface area contributed by atoms with Crippen LogP contribution in [0.1, 0.15) is 24.7 Å². The first kappa shape index (κ1) is 10.8. The Kier molecular flexibility index (Phi) is 2.61. The van der Waals surface area contributed by atoms with Crippen molar-refractivity contribution in [2.45, 2.75) is 18.9 Å². The van der Waals surface area contributed by atoms with Crippen molar-refractivity contribution in [1.29, 1.82) is 0 Å². The highest BCUT2D eigenvalue weighted by molar-refractivity contribution is 9.11. The van der Waals surface area contributed by atoms with E-state index in [0.717, 1.165) is 32.8 Å². The Morgan fingerprint density at radius 2 is 2.00 bits per heavy atom. The average Bonchev–Trinajstić information content (AvgIpc) is 2.97. The highest BCUT2D eigenvalue weighted by atomic mass is 79.9. The van der Waals surface area contributed by atoms with Gasteiger partial charge in [-0.2, -0.15) is 0 Å². The number of aliphatic hydroxyl groups is 1. The lowest BCUT2D eigenvalue weighted by Gasteiger charge is -2.03. The Bertz CT molecular complexity index is 543.